The Morgan fingerprint density at radius 2 is 2.00 bits per heavy atom. The molecule has 0 amide bonds. The minimum Gasteiger partial charge on any atom is -0.370 e. The third-order valence-corrected chi connectivity index (χ3v) is 4.08. The van der Waals surface area contributed by atoms with Gasteiger partial charge in [-0.25, -0.2) is 9.97 Å². The SMILES string of the molecule is CCC(CC)(OC)c1nc(C)c2c(n1)CCNC2. The lowest BCUT2D eigenvalue weighted by Crippen LogP contribution is -2.33. The van der Waals surface area contributed by atoms with Crippen molar-refractivity contribution < 1.29 is 4.74 Å². The molecule has 4 nitrogen and oxygen atoms in total. The van der Waals surface area contributed by atoms with Crippen molar-refractivity contribution >= 4 is 0 Å². The maximum Gasteiger partial charge on any atom is 0.160 e. The number of fused-ring (bicyclic) bond motifs is 1. The minimum atomic E-state index is -0.329. The highest BCUT2D eigenvalue weighted by molar-refractivity contribution is 5.28. The molecule has 4 heteroatoms. The van der Waals surface area contributed by atoms with E-state index in [1.54, 1.807) is 7.11 Å². The van der Waals surface area contributed by atoms with Crippen molar-refractivity contribution in [2.24, 2.45) is 0 Å². The van der Waals surface area contributed by atoms with Gasteiger partial charge in [-0.1, -0.05) is 13.8 Å². The molecular weight excluding hydrogens is 226 g/mol. The van der Waals surface area contributed by atoms with Crippen LogP contribution in [0.2, 0.25) is 0 Å². The fourth-order valence-corrected chi connectivity index (χ4v) is 2.66. The molecule has 1 aromatic rings. The van der Waals surface area contributed by atoms with Crippen LogP contribution in [0.1, 0.15) is 49.5 Å². The summed E-state index contributed by atoms with van der Waals surface area (Å²) < 4.78 is 5.73. The van der Waals surface area contributed by atoms with Crippen LogP contribution in [0.3, 0.4) is 0 Å². The van der Waals surface area contributed by atoms with Gasteiger partial charge in [-0.05, 0) is 19.8 Å². The lowest BCUT2D eigenvalue weighted by Gasteiger charge is -2.30. The van der Waals surface area contributed by atoms with Crippen molar-refractivity contribution in [1.29, 1.82) is 0 Å². The van der Waals surface area contributed by atoms with Crippen molar-refractivity contribution in [3.8, 4) is 0 Å². The predicted molar refractivity (Wildman–Crippen MR) is 71.4 cm³/mol. The lowest BCUT2D eigenvalue weighted by molar-refractivity contribution is -0.0295. The van der Waals surface area contributed by atoms with E-state index in [1.807, 2.05) is 0 Å². The molecule has 0 unspecified atom stereocenters. The van der Waals surface area contributed by atoms with E-state index >= 15 is 0 Å². The van der Waals surface area contributed by atoms with Crippen LogP contribution in [0.25, 0.3) is 0 Å². The maximum atomic E-state index is 5.73. The molecule has 0 atom stereocenters. The molecule has 1 aliphatic rings. The van der Waals surface area contributed by atoms with E-state index in [2.05, 4.69) is 26.1 Å². The molecule has 0 spiro atoms. The van der Waals surface area contributed by atoms with E-state index in [0.717, 1.165) is 43.9 Å². The summed E-state index contributed by atoms with van der Waals surface area (Å²) >= 11 is 0. The number of ether oxygens (including phenoxy) is 1. The molecule has 0 saturated heterocycles. The average molecular weight is 249 g/mol. The lowest BCUT2D eigenvalue weighted by atomic mass is 9.94. The Kier molecular flexibility index (Phi) is 3.97. The third-order valence-electron chi connectivity index (χ3n) is 4.08. The van der Waals surface area contributed by atoms with Gasteiger partial charge in [0.2, 0.25) is 0 Å². The quantitative estimate of drug-likeness (QED) is 0.887. The first-order valence-electron chi connectivity index (χ1n) is 6.79. The summed E-state index contributed by atoms with van der Waals surface area (Å²) in [6.45, 7) is 8.23. The number of aryl methyl sites for hydroxylation is 1. The number of nitrogens with one attached hydrogen (secondary N) is 1. The van der Waals surface area contributed by atoms with Gasteiger partial charge in [-0.3, -0.25) is 0 Å². The van der Waals surface area contributed by atoms with Crippen LogP contribution in [0, 0.1) is 6.92 Å². The van der Waals surface area contributed by atoms with Crippen LogP contribution in [0.4, 0.5) is 0 Å². The third kappa shape index (κ3) is 2.15. The Morgan fingerprint density at radius 1 is 1.28 bits per heavy atom. The van der Waals surface area contributed by atoms with Crippen LogP contribution in [0.5, 0.6) is 0 Å². The second kappa shape index (κ2) is 5.33. The summed E-state index contributed by atoms with van der Waals surface area (Å²) in [5, 5.41) is 3.37. The number of nitrogens with zero attached hydrogens (tertiary/aromatic N) is 2. The van der Waals surface area contributed by atoms with Gasteiger partial charge < -0.3 is 10.1 Å². The molecule has 1 aromatic heterocycles. The molecule has 18 heavy (non-hydrogen) atoms. The fourth-order valence-electron chi connectivity index (χ4n) is 2.66. The van der Waals surface area contributed by atoms with Crippen LogP contribution in [-0.4, -0.2) is 23.6 Å². The van der Waals surface area contributed by atoms with Gasteiger partial charge in [0.1, 0.15) is 5.60 Å². The Morgan fingerprint density at radius 3 is 2.61 bits per heavy atom. The second-order valence-corrected chi connectivity index (χ2v) is 4.89. The van der Waals surface area contributed by atoms with Gasteiger partial charge >= 0.3 is 0 Å². The Hall–Kier alpha value is -1.00. The van der Waals surface area contributed by atoms with Crippen LogP contribution in [0.15, 0.2) is 0 Å². The largest absolute Gasteiger partial charge is 0.370 e. The molecular formula is C14H23N3O. The van der Waals surface area contributed by atoms with Gasteiger partial charge in [0.05, 0.1) is 5.69 Å². The molecule has 0 aromatic carbocycles. The molecule has 0 saturated carbocycles. The summed E-state index contributed by atoms with van der Waals surface area (Å²) in [5.41, 5.74) is 3.22. The molecule has 1 aliphatic heterocycles. The summed E-state index contributed by atoms with van der Waals surface area (Å²) in [7, 11) is 1.76. The fraction of sp³-hybridized carbons (Fsp3) is 0.714. The summed E-state index contributed by atoms with van der Waals surface area (Å²) in [6, 6.07) is 0. The maximum absolute atomic E-state index is 5.73. The highest BCUT2D eigenvalue weighted by Crippen LogP contribution is 2.31. The number of methoxy groups -OCH3 is 1. The zero-order chi connectivity index (χ0) is 13.2. The average Bonchev–Trinajstić information content (AvgIpc) is 2.42. The van der Waals surface area contributed by atoms with Gasteiger partial charge in [0, 0.05) is 37.9 Å². The Balaban J connectivity index is 2.48. The molecule has 0 aliphatic carbocycles. The van der Waals surface area contributed by atoms with Crippen LogP contribution < -0.4 is 5.32 Å². The first-order chi connectivity index (χ1) is 8.66. The molecule has 0 radical (unpaired) electrons. The number of hydrogen-bond donors (Lipinski definition) is 1. The van der Waals surface area contributed by atoms with Crippen LogP contribution >= 0.6 is 0 Å². The van der Waals surface area contributed by atoms with Gasteiger partial charge in [-0.15, -0.1) is 0 Å². The zero-order valence-electron chi connectivity index (χ0n) is 11.8. The van der Waals surface area contributed by atoms with E-state index in [4.69, 9.17) is 14.7 Å². The first-order valence-corrected chi connectivity index (χ1v) is 6.79. The van der Waals surface area contributed by atoms with Gasteiger partial charge in [0.15, 0.2) is 5.82 Å². The van der Waals surface area contributed by atoms with E-state index in [0.29, 0.717) is 0 Å². The van der Waals surface area contributed by atoms with E-state index in [9.17, 15) is 0 Å². The van der Waals surface area contributed by atoms with Crippen molar-refractivity contribution in [3.63, 3.8) is 0 Å². The highest BCUT2D eigenvalue weighted by atomic mass is 16.5. The molecule has 0 bridgehead atoms. The monoisotopic (exact) mass is 249 g/mol. The molecule has 0 fully saturated rings. The first kappa shape index (κ1) is 13.4. The van der Waals surface area contributed by atoms with E-state index in [-0.39, 0.29) is 5.60 Å². The smallest absolute Gasteiger partial charge is 0.160 e. The second-order valence-electron chi connectivity index (χ2n) is 4.89. The van der Waals surface area contributed by atoms with Crippen molar-refractivity contribution in [2.45, 2.75) is 52.2 Å². The van der Waals surface area contributed by atoms with Crippen molar-refractivity contribution in [3.05, 3.63) is 22.8 Å². The summed E-state index contributed by atoms with van der Waals surface area (Å²) in [4.78, 5) is 9.48. The molecule has 1 N–H and O–H groups in total. The number of rotatable bonds is 4. The van der Waals surface area contributed by atoms with E-state index in [1.165, 1.54) is 11.3 Å². The van der Waals surface area contributed by atoms with Gasteiger partial charge in [-0.2, -0.15) is 0 Å². The standard InChI is InChI=1S/C14H23N3O/c1-5-14(6-2,18-4)13-16-10(3)11-9-15-8-7-12(11)17-13/h15H,5-9H2,1-4H3. The minimum absolute atomic E-state index is 0.329. The summed E-state index contributed by atoms with van der Waals surface area (Å²) in [5.74, 6) is 0.855. The van der Waals surface area contributed by atoms with Crippen LogP contribution in [-0.2, 0) is 23.3 Å². The zero-order valence-corrected chi connectivity index (χ0v) is 11.8. The Labute approximate surface area is 109 Å². The topological polar surface area (TPSA) is 47.0 Å². The number of aromatic nitrogens is 2. The highest BCUT2D eigenvalue weighted by Gasteiger charge is 2.32. The van der Waals surface area contributed by atoms with Gasteiger partial charge in [0.25, 0.3) is 0 Å². The molecule has 100 valence electrons. The number of hydrogen-bond acceptors (Lipinski definition) is 4. The summed E-state index contributed by atoms with van der Waals surface area (Å²) in [6.07, 6.45) is 2.78. The Bertz CT molecular complexity index is 419. The predicted octanol–water partition coefficient (Wildman–Crippen LogP) is 2.09. The molecule has 2 heterocycles. The normalized spacial score (nSPS) is 15.6. The molecule has 2 rings (SSSR count). The van der Waals surface area contributed by atoms with Crippen molar-refractivity contribution in [2.75, 3.05) is 13.7 Å². The van der Waals surface area contributed by atoms with E-state index < -0.39 is 0 Å². The van der Waals surface area contributed by atoms with Crippen molar-refractivity contribution in [1.82, 2.24) is 15.3 Å².